The van der Waals surface area contributed by atoms with Crippen LogP contribution in [-0.2, 0) is 11.3 Å². The van der Waals surface area contributed by atoms with Gasteiger partial charge in [0.1, 0.15) is 11.6 Å². The number of hydrogen-bond donors (Lipinski definition) is 0. The minimum atomic E-state index is -0.166. The summed E-state index contributed by atoms with van der Waals surface area (Å²) in [5.74, 6) is 1.03. The lowest BCUT2D eigenvalue weighted by molar-refractivity contribution is -0.126. The fourth-order valence-corrected chi connectivity index (χ4v) is 3.11. The van der Waals surface area contributed by atoms with Crippen LogP contribution >= 0.6 is 0 Å². The average molecular weight is 277 g/mol. The van der Waals surface area contributed by atoms with E-state index in [-0.39, 0.29) is 11.7 Å². The lowest BCUT2D eigenvalue weighted by atomic mass is 9.79. The molecule has 0 saturated heterocycles. The van der Waals surface area contributed by atoms with E-state index in [1.165, 1.54) is 6.07 Å². The second-order valence-corrected chi connectivity index (χ2v) is 6.00. The third kappa shape index (κ3) is 3.89. The molecule has 2 rings (SSSR count). The predicted octanol–water partition coefficient (Wildman–Crippen LogP) is 3.65. The van der Waals surface area contributed by atoms with E-state index in [0.717, 1.165) is 32.2 Å². The molecular weight excluding hydrogens is 253 g/mol. The molecule has 1 aliphatic rings. The van der Waals surface area contributed by atoms with E-state index >= 15 is 0 Å². The Labute approximate surface area is 121 Å². The quantitative estimate of drug-likeness (QED) is 0.818. The SMILES string of the molecule is CCC1CCC(=O)C(CN(C)Cc2ccccc2F)C1. The van der Waals surface area contributed by atoms with Gasteiger partial charge >= 0.3 is 0 Å². The van der Waals surface area contributed by atoms with Crippen molar-refractivity contribution in [1.82, 2.24) is 4.90 Å². The maximum absolute atomic E-state index is 13.6. The Bertz CT molecular complexity index is 460. The van der Waals surface area contributed by atoms with Crippen molar-refractivity contribution in [2.24, 2.45) is 11.8 Å². The lowest BCUT2D eigenvalue weighted by Crippen LogP contribution is -2.34. The number of halogens is 1. The molecule has 0 amide bonds. The summed E-state index contributed by atoms with van der Waals surface area (Å²) in [5.41, 5.74) is 0.699. The summed E-state index contributed by atoms with van der Waals surface area (Å²) < 4.78 is 13.6. The highest BCUT2D eigenvalue weighted by Crippen LogP contribution is 2.29. The Morgan fingerprint density at radius 2 is 2.10 bits per heavy atom. The Balaban J connectivity index is 1.92. The maximum Gasteiger partial charge on any atom is 0.137 e. The first kappa shape index (κ1) is 15.2. The van der Waals surface area contributed by atoms with Crippen molar-refractivity contribution in [3.05, 3.63) is 35.6 Å². The van der Waals surface area contributed by atoms with Crippen molar-refractivity contribution in [2.45, 2.75) is 39.2 Å². The maximum atomic E-state index is 13.6. The molecular formula is C17H24FNO. The molecule has 2 unspecified atom stereocenters. The molecule has 0 aliphatic heterocycles. The molecule has 0 N–H and O–H groups in total. The molecule has 2 nitrogen and oxygen atoms in total. The summed E-state index contributed by atoms with van der Waals surface area (Å²) in [5, 5.41) is 0. The molecule has 0 heterocycles. The monoisotopic (exact) mass is 277 g/mol. The molecule has 0 bridgehead atoms. The van der Waals surface area contributed by atoms with Crippen LogP contribution in [0.25, 0.3) is 0 Å². The Morgan fingerprint density at radius 1 is 1.35 bits per heavy atom. The molecule has 1 aromatic carbocycles. The van der Waals surface area contributed by atoms with Crippen LogP contribution < -0.4 is 0 Å². The Hall–Kier alpha value is -1.22. The lowest BCUT2D eigenvalue weighted by Gasteiger charge is -2.30. The van der Waals surface area contributed by atoms with Crippen LogP contribution in [0.2, 0.25) is 0 Å². The number of nitrogens with zero attached hydrogens (tertiary/aromatic N) is 1. The normalized spacial score (nSPS) is 23.3. The van der Waals surface area contributed by atoms with Gasteiger partial charge in [-0.2, -0.15) is 0 Å². The van der Waals surface area contributed by atoms with Crippen LogP contribution in [0.1, 0.15) is 38.2 Å². The van der Waals surface area contributed by atoms with Crippen LogP contribution in [0, 0.1) is 17.7 Å². The molecule has 0 spiro atoms. The number of hydrogen-bond acceptors (Lipinski definition) is 2. The molecule has 20 heavy (non-hydrogen) atoms. The molecule has 110 valence electrons. The van der Waals surface area contributed by atoms with Crippen molar-refractivity contribution in [3.8, 4) is 0 Å². The van der Waals surface area contributed by atoms with Gasteiger partial charge in [0, 0.05) is 31.0 Å². The molecule has 1 fully saturated rings. The first-order chi connectivity index (χ1) is 9.60. The summed E-state index contributed by atoms with van der Waals surface area (Å²) >= 11 is 0. The average Bonchev–Trinajstić information content (AvgIpc) is 2.44. The summed E-state index contributed by atoms with van der Waals surface area (Å²) in [6.45, 7) is 3.50. The zero-order valence-corrected chi connectivity index (χ0v) is 12.4. The fourth-order valence-electron chi connectivity index (χ4n) is 3.11. The highest BCUT2D eigenvalue weighted by molar-refractivity contribution is 5.81. The second kappa shape index (κ2) is 6.98. The van der Waals surface area contributed by atoms with E-state index in [4.69, 9.17) is 0 Å². The highest BCUT2D eigenvalue weighted by atomic mass is 19.1. The van der Waals surface area contributed by atoms with Crippen LogP contribution in [0.5, 0.6) is 0 Å². The van der Waals surface area contributed by atoms with Crippen molar-refractivity contribution < 1.29 is 9.18 Å². The smallest absolute Gasteiger partial charge is 0.137 e. The third-order valence-corrected chi connectivity index (χ3v) is 4.38. The minimum absolute atomic E-state index is 0.130. The van der Waals surface area contributed by atoms with Gasteiger partial charge in [-0.05, 0) is 31.9 Å². The number of rotatable bonds is 5. The number of ketones is 1. The van der Waals surface area contributed by atoms with Gasteiger partial charge in [0.05, 0.1) is 0 Å². The summed E-state index contributed by atoms with van der Waals surface area (Å²) in [7, 11) is 1.97. The Kier molecular flexibility index (Phi) is 5.30. The number of Topliss-reactive ketones (excluding diaryl/α,β-unsaturated/α-hetero) is 1. The number of carbonyl (C=O) groups excluding carboxylic acids is 1. The van der Waals surface area contributed by atoms with Crippen molar-refractivity contribution in [1.29, 1.82) is 0 Å². The van der Waals surface area contributed by atoms with Gasteiger partial charge in [-0.25, -0.2) is 4.39 Å². The van der Waals surface area contributed by atoms with E-state index in [2.05, 4.69) is 11.8 Å². The van der Waals surface area contributed by atoms with Gasteiger partial charge in [0.25, 0.3) is 0 Å². The van der Waals surface area contributed by atoms with Crippen LogP contribution in [0.3, 0.4) is 0 Å². The molecule has 1 aliphatic carbocycles. The first-order valence-corrected chi connectivity index (χ1v) is 7.54. The zero-order valence-electron chi connectivity index (χ0n) is 12.4. The predicted molar refractivity (Wildman–Crippen MR) is 78.9 cm³/mol. The standard InChI is InChI=1S/C17H24FNO/c1-3-13-8-9-17(20)15(10-13)12-19(2)11-14-6-4-5-7-16(14)18/h4-7,13,15H,3,8-12H2,1-2H3. The fraction of sp³-hybridized carbons (Fsp3) is 0.588. The number of carbonyl (C=O) groups is 1. The van der Waals surface area contributed by atoms with Crippen LogP contribution in [0.4, 0.5) is 4.39 Å². The number of benzene rings is 1. The highest BCUT2D eigenvalue weighted by Gasteiger charge is 2.28. The van der Waals surface area contributed by atoms with Crippen molar-refractivity contribution in [2.75, 3.05) is 13.6 Å². The molecule has 2 atom stereocenters. The van der Waals surface area contributed by atoms with Crippen LogP contribution in [-0.4, -0.2) is 24.3 Å². The summed E-state index contributed by atoms with van der Waals surface area (Å²) in [6, 6.07) is 6.85. The molecule has 0 aromatic heterocycles. The van der Waals surface area contributed by atoms with Gasteiger partial charge in [-0.3, -0.25) is 4.79 Å². The largest absolute Gasteiger partial charge is 0.301 e. The molecule has 3 heteroatoms. The summed E-state index contributed by atoms with van der Waals surface area (Å²) in [6.07, 6.45) is 3.91. The van der Waals surface area contributed by atoms with E-state index in [9.17, 15) is 9.18 Å². The van der Waals surface area contributed by atoms with Gasteiger partial charge < -0.3 is 4.90 Å². The van der Waals surface area contributed by atoms with E-state index in [1.54, 1.807) is 6.07 Å². The van der Waals surface area contributed by atoms with E-state index in [0.29, 0.717) is 23.8 Å². The van der Waals surface area contributed by atoms with E-state index in [1.807, 2.05) is 19.2 Å². The topological polar surface area (TPSA) is 20.3 Å². The second-order valence-electron chi connectivity index (χ2n) is 6.00. The van der Waals surface area contributed by atoms with Crippen molar-refractivity contribution in [3.63, 3.8) is 0 Å². The van der Waals surface area contributed by atoms with Gasteiger partial charge in [0.2, 0.25) is 0 Å². The first-order valence-electron chi connectivity index (χ1n) is 7.54. The van der Waals surface area contributed by atoms with Gasteiger partial charge in [-0.15, -0.1) is 0 Å². The zero-order chi connectivity index (χ0) is 14.5. The van der Waals surface area contributed by atoms with Gasteiger partial charge in [0.15, 0.2) is 0 Å². The third-order valence-electron chi connectivity index (χ3n) is 4.38. The van der Waals surface area contributed by atoms with Gasteiger partial charge in [-0.1, -0.05) is 31.5 Å². The van der Waals surface area contributed by atoms with E-state index < -0.39 is 0 Å². The summed E-state index contributed by atoms with van der Waals surface area (Å²) in [4.78, 5) is 14.1. The van der Waals surface area contributed by atoms with Crippen molar-refractivity contribution >= 4 is 5.78 Å². The van der Waals surface area contributed by atoms with Crippen LogP contribution in [0.15, 0.2) is 24.3 Å². The molecule has 0 radical (unpaired) electrons. The minimum Gasteiger partial charge on any atom is -0.301 e. The molecule has 1 saturated carbocycles. The Morgan fingerprint density at radius 3 is 2.80 bits per heavy atom. The molecule has 1 aromatic rings.